The molecule has 6 nitrogen and oxygen atoms in total. The normalized spacial score (nSPS) is 15.9. The molecule has 0 bridgehead atoms. The van der Waals surface area contributed by atoms with Gasteiger partial charge in [-0.05, 0) is 38.4 Å². The standard InChI is InChI=1S/C14H26N4O2/c1-3-7-16-14(20)17-13(19)11-18(4-2)10-12-5-8-15-9-6-12/h3,12,15H,1,4-11H2,2H3,(H2,16,17,19,20). The highest BCUT2D eigenvalue weighted by Gasteiger charge is 2.18. The molecule has 1 aliphatic heterocycles. The summed E-state index contributed by atoms with van der Waals surface area (Å²) in [4.78, 5) is 25.2. The molecule has 0 aliphatic carbocycles. The van der Waals surface area contributed by atoms with E-state index in [2.05, 4.69) is 27.4 Å². The van der Waals surface area contributed by atoms with Crippen LogP contribution in [0.4, 0.5) is 4.79 Å². The summed E-state index contributed by atoms with van der Waals surface area (Å²) in [7, 11) is 0. The van der Waals surface area contributed by atoms with Crippen LogP contribution in [0.5, 0.6) is 0 Å². The number of carbonyl (C=O) groups is 2. The lowest BCUT2D eigenvalue weighted by Crippen LogP contribution is -2.46. The smallest absolute Gasteiger partial charge is 0.321 e. The molecule has 0 aromatic carbocycles. The van der Waals surface area contributed by atoms with Gasteiger partial charge in [0, 0.05) is 13.1 Å². The monoisotopic (exact) mass is 282 g/mol. The van der Waals surface area contributed by atoms with Crippen molar-refractivity contribution >= 4 is 11.9 Å². The van der Waals surface area contributed by atoms with Crippen molar-refractivity contribution < 1.29 is 9.59 Å². The van der Waals surface area contributed by atoms with Gasteiger partial charge in [0.25, 0.3) is 0 Å². The molecular formula is C14H26N4O2. The van der Waals surface area contributed by atoms with Crippen molar-refractivity contribution in [1.82, 2.24) is 20.9 Å². The van der Waals surface area contributed by atoms with E-state index in [1.54, 1.807) is 6.08 Å². The SMILES string of the molecule is C=CCNC(=O)NC(=O)CN(CC)CC1CCNCC1. The Bertz CT molecular complexity index is 327. The minimum absolute atomic E-state index is 0.262. The van der Waals surface area contributed by atoms with Crippen molar-refractivity contribution in [2.45, 2.75) is 19.8 Å². The zero-order valence-electron chi connectivity index (χ0n) is 12.3. The maximum absolute atomic E-state index is 11.8. The van der Waals surface area contributed by atoms with Crippen molar-refractivity contribution in [1.29, 1.82) is 0 Å². The number of amides is 3. The molecule has 0 spiro atoms. The highest BCUT2D eigenvalue weighted by atomic mass is 16.2. The van der Waals surface area contributed by atoms with Gasteiger partial charge in [0.05, 0.1) is 6.54 Å². The van der Waals surface area contributed by atoms with Gasteiger partial charge in [-0.2, -0.15) is 0 Å². The highest BCUT2D eigenvalue weighted by molar-refractivity contribution is 5.95. The molecule has 3 N–H and O–H groups in total. The Morgan fingerprint density at radius 1 is 1.40 bits per heavy atom. The number of rotatable bonds is 7. The third-order valence-corrected chi connectivity index (χ3v) is 3.45. The zero-order valence-corrected chi connectivity index (χ0v) is 12.3. The summed E-state index contributed by atoms with van der Waals surface area (Å²) in [6.45, 7) is 9.99. The van der Waals surface area contributed by atoms with Crippen LogP contribution in [0.2, 0.25) is 0 Å². The van der Waals surface area contributed by atoms with Crippen LogP contribution in [0.3, 0.4) is 0 Å². The summed E-state index contributed by atoms with van der Waals surface area (Å²) < 4.78 is 0. The van der Waals surface area contributed by atoms with Gasteiger partial charge in [0.1, 0.15) is 0 Å². The summed E-state index contributed by atoms with van der Waals surface area (Å²) in [5.74, 6) is 0.376. The average Bonchev–Trinajstić information content (AvgIpc) is 2.45. The summed E-state index contributed by atoms with van der Waals surface area (Å²) in [6, 6.07) is -0.465. The molecule has 0 atom stereocenters. The Labute approximate surface area is 121 Å². The number of hydrogen-bond donors (Lipinski definition) is 3. The quantitative estimate of drug-likeness (QED) is 0.588. The molecule has 114 valence electrons. The third-order valence-electron chi connectivity index (χ3n) is 3.45. The fourth-order valence-electron chi connectivity index (χ4n) is 2.31. The number of likely N-dealkylation sites (N-methyl/N-ethyl adjacent to an activating group) is 1. The van der Waals surface area contributed by atoms with Crippen molar-refractivity contribution in [3.63, 3.8) is 0 Å². The Morgan fingerprint density at radius 2 is 2.10 bits per heavy atom. The van der Waals surface area contributed by atoms with Crippen LogP contribution in [-0.2, 0) is 4.79 Å². The van der Waals surface area contributed by atoms with Crippen molar-refractivity contribution in [2.75, 3.05) is 39.3 Å². The summed E-state index contributed by atoms with van der Waals surface area (Å²) in [5, 5.41) is 8.18. The second kappa shape index (κ2) is 9.50. The first-order chi connectivity index (χ1) is 9.65. The minimum atomic E-state index is -0.465. The van der Waals surface area contributed by atoms with Gasteiger partial charge in [0.15, 0.2) is 0 Å². The van der Waals surface area contributed by atoms with Gasteiger partial charge < -0.3 is 10.6 Å². The van der Waals surface area contributed by atoms with Crippen molar-refractivity contribution in [2.24, 2.45) is 5.92 Å². The molecule has 1 aliphatic rings. The number of nitrogens with zero attached hydrogens (tertiary/aromatic N) is 1. The van der Waals surface area contributed by atoms with Crippen LogP contribution >= 0.6 is 0 Å². The lowest BCUT2D eigenvalue weighted by atomic mass is 9.97. The molecule has 0 aromatic rings. The summed E-state index contributed by atoms with van der Waals surface area (Å²) in [6.07, 6.45) is 3.87. The van der Waals surface area contributed by atoms with E-state index >= 15 is 0 Å². The van der Waals surface area contributed by atoms with E-state index < -0.39 is 6.03 Å². The molecule has 1 rings (SSSR count). The second-order valence-corrected chi connectivity index (χ2v) is 5.07. The molecule has 3 amide bonds. The van der Waals surface area contributed by atoms with Crippen molar-refractivity contribution in [3.05, 3.63) is 12.7 Å². The number of hydrogen-bond acceptors (Lipinski definition) is 4. The predicted molar refractivity (Wildman–Crippen MR) is 79.4 cm³/mol. The maximum atomic E-state index is 11.8. The van der Waals surface area contributed by atoms with Crippen molar-refractivity contribution in [3.8, 4) is 0 Å². The maximum Gasteiger partial charge on any atom is 0.321 e. The fraction of sp³-hybridized carbons (Fsp3) is 0.714. The lowest BCUT2D eigenvalue weighted by Gasteiger charge is -2.28. The van der Waals surface area contributed by atoms with E-state index in [1.165, 1.54) is 0 Å². The largest absolute Gasteiger partial charge is 0.334 e. The molecule has 0 saturated carbocycles. The lowest BCUT2D eigenvalue weighted by molar-refractivity contribution is -0.121. The van der Waals surface area contributed by atoms with Gasteiger partial charge in [0.2, 0.25) is 5.91 Å². The molecule has 20 heavy (non-hydrogen) atoms. The fourth-order valence-corrected chi connectivity index (χ4v) is 2.31. The molecule has 1 heterocycles. The van der Waals surface area contributed by atoms with Crippen LogP contribution in [0, 0.1) is 5.92 Å². The van der Waals surface area contributed by atoms with E-state index in [9.17, 15) is 9.59 Å². The number of piperidine rings is 1. The topological polar surface area (TPSA) is 73.5 Å². The Kier molecular flexibility index (Phi) is 7.91. The number of carbonyl (C=O) groups excluding carboxylic acids is 2. The first-order valence-electron chi connectivity index (χ1n) is 7.27. The van der Waals surface area contributed by atoms with Crippen LogP contribution in [0.1, 0.15) is 19.8 Å². The van der Waals surface area contributed by atoms with E-state index in [4.69, 9.17) is 0 Å². The first-order valence-corrected chi connectivity index (χ1v) is 7.27. The predicted octanol–water partition coefficient (Wildman–Crippen LogP) is 0.320. The number of urea groups is 1. The average molecular weight is 282 g/mol. The van der Waals surface area contributed by atoms with E-state index in [-0.39, 0.29) is 12.5 Å². The Balaban J connectivity index is 2.29. The van der Waals surface area contributed by atoms with Gasteiger partial charge in [-0.1, -0.05) is 13.0 Å². The minimum Gasteiger partial charge on any atom is -0.334 e. The molecule has 0 aromatic heterocycles. The number of nitrogens with one attached hydrogen (secondary N) is 3. The van der Waals surface area contributed by atoms with E-state index in [0.717, 1.165) is 39.0 Å². The van der Waals surface area contributed by atoms with Gasteiger partial charge in [-0.3, -0.25) is 15.0 Å². The summed E-state index contributed by atoms with van der Waals surface area (Å²) >= 11 is 0. The van der Waals surface area contributed by atoms with Crippen LogP contribution in [0.15, 0.2) is 12.7 Å². The van der Waals surface area contributed by atoms with Gasteiger partial charge >= 0.3 is 6.03 Å². The second-order valence-electron chi connectivity index (χ2n) is 5.07. The zero-order chi connectivity index (χ0) is 14.8. The van der Waals surface area contributed by atoms with Crippen LogP contribution in [-0.4, -0.2) is 56.1 Å². The van der Waals surface area contributed by atoms with E-state index in [0.29, 0.717) is 12.5 Å². The Hall–Kier alpha value is -1.40. The molecule has 1 fully saturated rings. The molecule has 0 unspecified atom stereocenters. The molecule has 1 saturated heterocycles. The molecule has 0 radical (unpaired) electrons. The van der Waals surface area contributed by atoms with E-state index in [1.807, 2.05) is 6.92 Å². The summed E-state index contributed by atoms with van der Waals surface area (Å²) in [5.41, 5.74) is 0. The molecular weight excluding hydrogens is 256 g/mol. The van der Waals surface area contributed by atoms with Gasteiger partial charge in [-0.15, -0.1) is 6.58 Å². The van der Waals surface area contributed by atoms with Gasteiger partial charge in [-0.25, -0.2) is 4.79 Å². The van der Waals surface area contributed by atoms with Crippen LogP contribution < -0.4 is 16.0 Å². The molecule has 6 heteroatoms. The third kappa shape index (κ3) is 6.68. The Morgan fingerprint density at radius 3 is 2.70 bits per heavy atom. The highest BCUT2D eigenvalue weighted by Crippen LogP contribution is 2.13. The van der Waals surface area contributed by atoms with Crippen LogP contribution in [0.25, 0.3) is 0 Å². The number of imide groups is 1. The first kappa shape index (κ1) is 16.7.